The van der Waals surface area contributed by atoms with Crippen molar-refractivity contribution in [2.75, 3.05) is 4.90 Å². The fourth-order valence-corrected chi connectivity index (χ4v) is 7.29. The maximum atomic E-state index is 10.8. The second-order valence-corrected chi connectivity index (χ2v) is 11.8. The molecule has 0 atom stereocenters. The monoisotopic (exact) mass is 588 g/mol. The third kappa shape index (κ3) is 3.73. The van der Waals surface area contributed by atoms with Crippen LogP contribution in [0.1, 0.15) is 12.0 Å². The summed E-state index contributed by atoms with van der Waals surface area (Å²) in [5, 5.41) is 15.5. The Balaban J connectivity index is 1.45. The zero-order valence-corrected chi connectivity index (χ0v) is 25.1. The molecular formula is C42H28N4. The fourth-order valence-electron chi connectivity index (χ4n) is 7.29. The Morgan fingerprint density at radius 1 is 0.587 bits per heavy atom. The van der Waals surface area contributed by atoms with Crippen LogP contribution in [-0.2, 0) is 0 Å². The summed E-state index contributed by atoms with van der Waals surface area (Å²) in [5.41, 5.74) is 11.0. The SMILES string of the molecule is C=C1/C=C\C=C/N(c2cc(-n3c4ccccc4c4ccccc43)c(-n3c4ccccc4c4ccccc43)cc2C#N)C2=C1CC=C2. The number of rotatable bonds is 3. The van der Waals surface area contributed by atoms with Crippen LogP contribution in [0.3, 0.4) is 0 Å². The van der Waals surface area contributed by atoms with Crippen molar-refractivity contribution in [3.63, 3.8) is 0 Å². The summed E-state index contributed by atoms with van der Waals surface area (Å²) in [5.74, 6) is 0. The minimum absolute atomic E-state index is 0.591. The molecule has 0 bridgehead atoms. The zero-order valence-electron chi connectivity index (χ0n) is 25.1. The molecule has 1 aliphatic carbocycles. The van der Waals surface area contributed by atoms with Crippen LogP contribution in [0.2, 0.25) is 0 Å². The van der Waals surface area contributed by atoms with Crippen LogP contribution in [0.15, 0.2) is 169 Å². The molecule has 0 fully saturated rings. The maximum Gasteiger partial charge on any atom is 0.101 e. The average Bonchev–Trinajstić information content (AvgIpc) is 3.80. The lowest BCUT2D eigenvalue weighted by atomic mass is 10.0. The van der Waals surface area contributed by atoms with E-state index in [4.69, 9.17) is 0 Å². The summed E-state index contributed by atoms with van der Waals surface area (Å²) in [6, 6.07) is 41.1. The van der Waals surface area contributed by atoms with Gasteiger partial charge in [-0.25, -0.2) is 0 Å². The Labute approximate surface area is 266 Å². The molecule has 216 valence electrons. The molecule has 0 saturated heterocycles. The lowest BCUT2D eigenvalue weighted by molar-refractivity contribution is 1.08. The second kappa shape index (κ2) is 10.1. The third-order valence-electron chi connectivity index (χ3n) is 9.31. The Hall–Kier alpha value is -6.31. The van der Waals surface area contributed by atoms with Crippen LogP contribution >= 0.6 is 0 Å². The number of hydrogen-bond donors (Lipinski definition) is 0. The van der Waals surface area contributed by atoms with Crippen LogP contribution in [0.4, 0.5) is 5.69 Å². The standard InChI is InChI=1S/C42H28N4/c1-28-13-10-11-24-44(35-23-12-18-30(28)35)40-26-42(46-38-21-8-4-16-33(38)34-17-5-9-22-39(34)46)41(25-29(40)27-43)45-36-19-6-2-14-31(36)32-15-3-7-20-37(32)45/h2-17,19-26H,1,18H2/b13-10-,24-11-. The minimum Gasteiger partial charge on any atom is -0.315 e. The van der Waals surface area contributed by atoms with Gasteiger partial charge in [-0.1, -0.05) is 97.6 Å². The first-order valence-corrected chi connectivity index (χ1v) is 15.5. The van der Waals surface area contributed by atoms with Crippen molar-refractivity contribution in [1.82, 2.24) is 9.13 Å². The largest absolute Gasteiger partial charge is 0.315 e. The normalized spacial score (nSPS) is 15.9. The van der Waals surface area contributed by atoms with Crippen LogP contribution < -0.4 is 4.90 Å². The molecule has 0 saturated carbocycles. The molecular weight excluding hydrogens is 560 g/mol. The zero-order chi connectivity index (χ0) is 30.8. The lowest BCUT2D eigenvalue weighted by Crippen LogP contribution is -2.18. The summed E-state index contributed by atoms with van der Waals surface area (Å²) in [6.45, 7) is 4.34. The molecule has 3 heterocycles. The minimum atomic E-state index is 0.591. The van der Waals surface area contributed by atoms with E-state index in [0.29, 0.717) is 5.56 Å². The smallest absolute Gasteiger partial charge is 0.101 e. The molecule has 46 heavy (non-hydrogen) atoms. The van der Waals surface area contributed by atoms with Crippen LogP contribution in [0.25, 0.3) is 55.0 Å². The van der Waals surface area contributed by atoms with Crippen LogP contribution in [0.5, 0.6) is 0 Å². The van der Waals surface area contributed by atoms with Gasteiger partial charge in [0.1, 0.15) is 6.07 Å². The van der Waals surface area contributed by atoms with E-state index in [9.17, 15) is 5.26 Å². The van der Waals surface area contributed by atoms with E-state index in [1.165, 1.54) is 21.5 Å². The number of para-hydroxylation sites is 4. The Morgan fingerprint density at radius 2 is 1.09 bits per heavy atom. The third-order valence-corrected chi connectivity index (χ3v) is 9.31. The lowest BCUT2D eigenvalue weighted by Gasteiger charge is -2.27. The van der Waals surface area contributed by atoms with Crippen molar-refractivity contribution in [3.8, 4) is 17.4 Å². The Morgan fingerprint density at radius 3 is 1.61 bits per heavy atom. The molecule has 0 amide bonds. The quantitative estimate of drug-likeness (QED) is 0.206. The van der Waals surface area contributed by atoms with E-state index in [1.807, 2.05) is 12.2 Å². The highest BCUT2D eigenvalue weighted by Gasteiger charge is 2.25. The number of allylic oxidation sites excluding steroid dienone is 7. The van der Waals surface area contributed by atoms with Crippen LogP contribution in [0, 0.1) is 11.3 Å². The number of fused-ring (bicyclic) bond motifs is 6. The van der Waals surface area contributed by atoms with Crippen molar-refractivity contribution < 1.29 is 0 Å². The molecule has 4 nitrogen and oxygen atoms in total. The maximum absolute atomic E-state index is 10.8. The van der Waals surface area contributed by atoms with Crippen molar-refractivity contribution in [3.05, 3.63) is 175 Å². The van der Waals surface area contributed by atoms with Crippen molar-refractivity contribution in [1.29, 1.82) is 5.26 Å². The molecule has 5 aromatic carbocycles. The van der Waals surface area contributed by atoms with Gasteiger partial charge in [-0.05, 0) is 66.1 Å². The van der Waals surface area contributed by atoms with Crippen molar-refractivity contribution >= 4 is 49.3 Å². The highest BCUT2D eigenvalue weighted by molar-refractivity contribution is 6.11. The Bertz CT molecular complexity index is 2490. The fraction of sp³-hybridized carbons (Fsp3) is 0.0238. The molecule has 0 spiro atoms. The first kappa shape index (κ1) is 26.1. The molecule has 2 aromatic heterocycles. The van der Waals surface area contributed by atoms with Gasteiger partial charge in [-0.2, -0.15) is 5.26 Å². The first-order chi connectivity index (χ1) is 22.7. The van der Waals surface area contributed by atoms with Gasteiger partial charge in [0.05, 0.1) is 44.7 Å². The average molecular weight is 589 g/mol. The Kier molecular flexibility index (Phi) is 5.75. The van der Waals surface area contributed by atoms with Gasteiger partial charge in [0.15, 0.2) is 0 Å². The topological polar surface area (TPSA) is 36.9 Å². The molecule has 0 unspecified atom stereocenters. The van der Waals surface area contributed by atoms with E-state index in [1.54, 1.807) is 0 Å². The van der Waals surface area contributed by atoms with E-state index >= 15 is 0 Å². The summed E-state index contributed by atoms with van der Waals surface area (Å²) >= 11 is 0. The number of nitriles is 1. The highest BCUT2D eigenvalue weighted by atomic mass is 15.1. The van der Waals surface area contributed by atoms with Gasteiger partial charge < -0.3 is 14.0 Å². The summed E-state index contributed by atoms with van der Waals surface area (Å²) < 4.78 is 4.68. The summed E-state index contributed by atoms with van der Waals surface area (Å²) in [7, 11) is 0. The van der Waals surface area contributed by atoms with Gasteiger partial charge >= 0.3 is 0 Å². The van der Waals surface area contributed by atoms with Gasteiger partial charge in [-0.3, -0.25) is 0 Å². The van der Waals surface area contributed by atoms with E-state index in [0.717, 1.165) is 62.4 Å². The molecule has 1 aliphatic heterocycles. The van der Waals surface area contributed by atoms with E-state index in [-0.39, 0.29) is 0 Å². The van der Waals surface area contributed by atoms with Gasteiger partial charge in [0.2, 0.25) is 0 Å². The summed E-state index contributed by atoms with van der Waals surface area (Å²) in [4.78, 5) is 2.15. The van der Waals surface area contributed by atoms with Gasteiger partial charge in [0.25, 0.3) is 0 Å². The molecule has 7 aromatic rings. The number of benzene rings is 5. The molecule has 0 N–H and O–H groups in total. The van der Waals surface area contributed by atoms with E-state index in [2.05, 4.69) is 160 Å². The highest BCUT2D eigenvalue weighted by Crippen LogP contribution is 2.42. The molecule has 2 aliphatic rings. The number of anilines is 1. The predicted octanol–water partition coefficient (Wildman–Crippen LogP) is 10.4. The van der Waals surface area contributed by atoms with Gasteiger partial charge in [0, 0.05) is 33.4 Å². The predicted molar refractivity (Wildman–Crippen MR) is 191 cm³/mol. The molecule has 9 rings (SSSR count). The van der Waals surface area contributed by atoms with E-state index < -0.39 is 0 Å². The summed E-state index contributed by atoms with van der Waals surface area (Å²) in [6.07, 6.45) is 13.3. The van der Waals surface area contributed by atoms with Crippen molar-refractivity contribution in [2.45, 2.75) is 6.42 Å². The van der Waals surface area contributed by atoms with Crippen molar-refractivity contribution in [2.24, 2.45) is 0 Å². The van der Waals surface area contributed by atoms with Crippen LogP contribution in [-0.4, -0.2) is 9.13 Å². The number of nitrogens with zero attached hydrogens (tertiary/aromatic N) is 4. The number of hydrogen-bond acceptors (Lipinski definition) is 2. The molecule has 4 heteroatoms. The number of aromatic nitrogens is 2. The first-order valence-electron chi connectivity index (χ1n) is 15.5. The van der Waals surface area contributed by atoms with Gasteiger partial charge in [-0.15, -0.1) is 0 Å². The second-order valence-electron chi connectivity index (χ2n) is 11.8. The molecule has 0 radical (unpaired) electrons.